The van der Waals surface area contributed by atoms with E-state index in [1.165, 1.54) is 0 Å². The maximum Gasteiger partial charge on any atom is 0.268 e. The minimum absolute atomic E-state index is 0.310. The van der Waals surface area contributed by atoms with Crippen LogP contribution in [0.25, 0.3) is 6.08 Å². The van der Waals surface area contributed by atoms with Gasteiger partial charge in [0.1, 0.15) is 0 Å². The molecule has 4 rings (SSSR count). The molecular formula is C20H15N3O2. The molecule has 0 spiro atoms. The second kappa shape index (κ2) is 5.87. The van der Waals surface area contributed by atoms with E-state index in [0.717, 1.165) is 10.5 Å². The molecule has 0 saturated carbocycles. The minimum Gasteiger partial charge on any atom is -0.312 e. The van der Waals surface area contributed by atoms with Crippen LogP contribution in [0.1, 0.15) is 32.0 Å². The van der Waals surface area contributed by atoms with Crippen molar-refractivity contribution in [2.45, 2.75) is 6.54 Å². The number of rotatable bonds is 4. The zero-order valence-electron chi connectivity index (χ0n) is 13.4. The number of amides is 2. The first-order valence-electron chi connectivity index (χ1n) is 7.90. The Bertz CT molecular complexity index is 954. The molecule has 122 valence electrons. The highest BCUT2D eigenvalue weighted by molar-refractivity contribution is 6.33. The van der Waals surface area contributed by atoms with Crippen LogP contribution in [0.4, 0.5) is 5.95 Å². The Labute approximate surface area is 144 Å². The summed E-state index contributed by atoms with van der Waals surface area (Å²) in [5.74, 6) is -0.391. The fourth-order valence-corrected chi connectivity index (χ4v) is 2.97. The molecule has 0 radical (unpaired) electrons. The average Bonchev–Trinajstić information content (AvgIpc) is 3.15. The van der Waals surface area contributed by atoms with Crippen molar-refractivity contribution < 1.29 is 9.59 Å². The molecule has 1 aromatic heterocycles. The van der Waals surface area contributed by atoms with Crippen molar-refractivity contribution in [3.8, 4) is 0 Å². The van der Waals surface area contributed by atoms with E-state index in [1.54, 1.807) is 41.1 Å². The maximum atomic E-state index is 12.7. The maximum absolute atomic E-state index is 12.7. The molecule has 2 aromatic carbocycles. The predicted molar refractivity (Wildman–Crippen MR) is 95.4 cm³/mol. The summed E-state index contributed by atoms with van der Waals surface area (Å²) >= 11 is 0. The van der Waals surface area contributed by atoms with Crippen LogP contribution in [-0.2, 0) is 6.54 Å². The van der Waals surface area contributed by atoms with Gasteiger partial charge in [-0.2, -0.15) is 0 Å². The van der Waals surface area contributed by atoms with Gasteiger partial charge < -0.3 is 4.57 Å². The summed E-state index contributed by atoms with van der Waals surface area (Å²) in [4.78, 5) is 31.0. The number of fused-ring (bicyclic) bond motifs is 1. The standard InChI is InChI=1S/C20H15N3O2/c1-2-15-13-22(12-14-8-4-3-5-9-14)20(21-15)23-18(24)16-10-6-7-11-17(16)19(23)25/h2-11,13H,1,12H2. The number of aromatic nitrogens is 2. The first-order valence-corrected chi connectivity index (χ1v) is 7.90. The third-order valence-electron chi connectivity index (χ3n) is 4.17. The number of imidazole rings is 1. The molecule has 0 saturated heterocycles. The SMILES string of the molecule is C=Cc1cn(Cc2ccccc2)c(N2C(=O)c3ccccc3C2=O)n1. The highest BCUT2D eigenvalue weighted by Crippen LogP contribution is 2.28. The Morgan fingerprint density at radius 1 is 0.920 bits per heavy atom. The van der Waals surface area contributed by atoms with E-state index in [-0.39, 0.29) is 11.8 Å². The van der Waals surface area contributed by atoms with Crippen LogP contribution < -0.4 is 4.90 Å². The lowest BCUT2D eigenvalue weighted by molar-refractivity contribution is 0.0923. The van der Waals surface area contributed by atoms with Crippen molar-refractivity contribution in [3.63, 3.8) is 0 Å². The summed E-state index contributed by atoms with van der Waals surface area (Å²) in [5, 5.41) is 0. The van der Waals surface area contributed by atoms with Gasteiger partial charge in [0, 0.05) is 6.20 Å². The van der Waals surface area contributed by atoms with Crippen molar-refractivity contribution in [1.82, 2.24) is 9.55 Å². The minimum atomic E-state index is -0.351. The zero-order valence-corrected chi connectivity index (χ0v) is 13.4. The topological polar surface area (TPSA) is 55.2 Å². The van der Waals surface area contributed by atoms with E-state index in [2.05, 4.69) is 11.6 Å². The van der Waals surface area contributed by atoms with E-state index in [0.29, 0.717) is 29.3 Å². The Hall–Kier alpha value is -3.47. The molecule has 2 heterocycles. The van der Waals surface area contributed by atoms with Gasteiger partial charge in [0.25, 0.3) is 11.8 Å². The highest BCUT2D eigenvalue weighted by Gasteiger charge is 2.38. The molecule has 0 unspecified atom stereocenters. The molecule has 1 aliphatic heterocycles. The van der Waals surface area contributed by atoms with Crippen molar-refractivity contribution in [2.24, 2.45) is 0 Å². The normalized spacial score (nSPS) is 13.2. The number of imide groups is 1. The Morgan fingerprint density at radius 2 is 1.52 bits per heavy atom. The number of carbonyl (C=O) groups is 2. The second-order valence-electron chi connectivity index (χ2n) is 5.77. The largest absolute Gasteiger partial charge is 0.312 e. The number of carbonyl (C=O) groups excluding carboxylic acids is 2. The van der Waals surface area contributed by atoms with Crippen LogP contribution in [0.15, 0.2) is 67.4 Å². The average molecular weight is 329 g/mol. The highest BCUT2D eigenvalue weighted by atomic mass is 16.2. The van der Waals surface area contributed by atoms with Gasteiger partial charge >= 0.3 is 0 Å². The predicted octanol–water partition coefficient (Wildman–Crippen LogP) is 3.38. The molecule has 1 aliphatic rings. The number of hydrogen-bond donors (Lipinski definition) is 0. The number of anilines is 1. The molecule has 0 fully saturated rings. The lowest BCUT2D eigenvalue weighted by atomic mass is 10.1. The van der Waals surface area contributed by atoms with Gasteiger partial charge in [-0.15, -0.1) is 0 Å². The Morgan fingerprint density at radius 3 is 2.12 bits per heavy atom. The number of hydrogen-bond acceptors (Lipinski definition) is 3. The van der Waals surface area contributed by atoms with Gasteiger partial charge in [-0.1, -0.05) is 49.0 Å². The molecule has 0 N–H and O–H groups in total. The van der Waals surface area contributed by atoms with Gasteiger partial charge in [-0.05, 0) is 23.8 Å². The Balaban J connectivity index is 1.78. The molecule has 0 atom stereocenters. The van der Waals surface area contributed by atoms with Crippen LogP contribution in [-0.4, -0.2) is 21.4 Å². The van der Waals surface area contributed by atoms with Crippen LogP contribution in [0.2, 0.25) is 0 Å². The molecule has 3 aromatic rings. The van der Waals surface area contributed by atoms with Crippen molar-refractivity contribution >= 4 is 23.8 Å². The van der Waals surface area contributed by atoms with Crippen molar-refractivity contribution in [2.75, 3.05) is 4.90 Å². The van der Waals surface area contributed by atoms with E-state index in [9.17, 15) is 9.59 Å². The molecule has 25 heavy (non-hydrogen) atoms. The second-order valence-corrected chi connectivity index (χ2v) is 5.77. The van der Waals surface area contributed by atoms with Crippen LogP contribution in [0.3, 0.4) is 0 Å². The van der Waals surface area contributed by atoms with Gasteiger partial charge in [0.05, 0.1) is 23.4 Å². The smallest absolute Gasteiger partial charge is 0.268 e. The lowest BCUT2D eigenvalue weighted by Gasteiger charge is -2.15. The monoisotopic (exact) mass is 329 g/mol. The number of nitrogens with zero attached hydrogens (tertiary/aromatic N) is 3. The van der Waals surface area contributed by atoms with Gasteiger partial charge in [-0.3, -0.25) is 9.59 Å². The van der Waals surface area contributed by atoms with E-state index >= 15 is 0 Å². The van der Waals surface area contributed by atoms with Crippen LogP contribution in [0.5, 0.6) is 0 Å². The third-order valence-corrected chi connectivity index (χ3v) is 4.17. The fourth-order valence-electron chi connectivity index (χ4n) is 2.97. The first kappa shape index (κ1) is 15.1. The van der Waals surface area contributed by atoms with Crippen LogP contribution >= 0.6 is 0 Å². The summed E-state index contributed by atoms with van der Waals surface area (Å²) in [6.45, 7) is 4.24. The van der Waals surface area contributed by atoms with Gasteiger partial charge in [0.15, 0.2) is 0 Å². The summed E-state index contributed by atoms with van der Waals surface area (Å²) in [7, 11) is 0. The summed E-state index contributed by atoms with van der Waals surface area (Å²) in [5.41, 5.74) is 2.47. The van der Waals surface area contributed by atoms with Crippen molar-refractivity contribution in [1.29, 1.82) is 0 Å². The molecule has 2 amide bonds. The third kappa shape index (κ3) is 2.46. The van der Waals surface area contributed by atoms with Gasteiger partial charge in [-0.25, -0.2) is 9.88 Å². The van der Waals surface area contributed by atoms with E-state index in [1.807, 2.05) is 30.3 Å². The quantitative estimate of drug-likeness (QED) is 0.690. The molecule has 5 nitrogen and oxygen atoms in total. The van der Waals surface area contributed by atoms with E-state index < -0.39 is 0 Å². The summed E-state index contributed by atoms with van der Waals surface area (Å²) in [6.07, 6.45) is 3.39. The van der Waals surface area contributed by atoms with Crippen molar-refractivity contribution in [3.05, 3.63) is 89.8 Å². The Kier molecular flexibility index (Phi) is 3.54. The fraction of sp³-hybridized carbons (Fsp3) is 0.0500. The first-order chi connectivity index (χ1) is 12.2. The number of benzene rings is 2. The molecule has 0 bridgehead atoms. The van der Waals surface area contributed by atoms with E-state index in [4.69, 9.17) is 0 Å². The molecular weight excluding hydrogens is 314 g/mol. The van der Waals surface area contributed by atoms with Gasteiger partial charge in [0.2, 0.25) is 5.95 Å². The summed E-state index contributed by atoms with van der Waals surface area (Å²) < 4.78 is 1.80. The van der Waals surface area contributed by atoms with Crippen LogP contribution in [0, 0.1) is 0 Å². The summed E-state index contributed by atoms with van der Waals surface area (Å²) in [6, 6.07) is 16.6. The zero-order chi connectivity index (χ0) is 17.4. The lowest BCUT2D eigenvalue weighted by Crippen LogP contribution is -2.32. The molecule has 0 aliphatic carbocycles. The molecule has 5 heteroatoms.